The van der Waals surface area contributed by atoms with Gasteiger partial charge in [0.25, 0.3) is 5.56 Å². The molecule has 0 atom stereocenters. The van der Waals surface area contributed by atoms with Gasteiger partial charge in [0, 0.05) is 6.07 Å². The average Bonchev–Trinajstić information content (AvgIpc) is 2.80. The number of rotatable bonds is 4. The first kappa shape index (κ1) is 13.4. The summed E-state index contributed by atoms with van der Waals surface area (Å²) in [6.45, 7) is 2.39. The fraction of sp³-hybridized carbons (Fsp3) is 0.250. The Hall–Kier alpha value is -2.07. The third-order valence-corrected chi connectivity index (χ3v) is 3.13. The van der Waals surface area contributed by atoms with Crippen LogP contribution in [0.5, 0.6) is 0 Å². The number of hydrogen-bond donors (Lipinski definition) is 1. The minimum Gasteiger partial charge on any atom is -0.377 e. The van der Waals surface area contributed by atoms with E-state index in [1.165, 1.54) is 10.9 Å². The van der Waals surface area contributed by atoms with Crippen LogP contribution in [0, 0.1) is 19.3 Å². The second kappa shape index (κ2) is 5.71. The Morgan fingerprint density at radius 1 is 1.63 bits per heavy atom. The number of hydrogen-bond acceptors (Lipinski definition) is 5. The van der Waals surface area contributed by atoms with E-state index in [-0.39, 0.29) is 12.1 Å². The molecular formula is C12H11BrN4O2. The highest BCUT2D eigenvalue weighted by atomic mass is 79.9. The lowest BCUT2D eigenvalue weighted by atomic mass is 10.3. The highest BCUT2D eigenvalue weighted by molar-refractivity contribution is 9.10. The van der Waals surface area contributed by atoms with Crippen molar-refractivity contribution in [2.24, 2.45) is 0 Å². The molecule has 0 aromatic carbocycles. The summed E-state index contributed by atoms with van der Waals surface area (Å²) in [4.78, 5) is 11.9. The summed E-state index contributed by atoms with van der Waals surface area (Å²) >= 11 is 3.23. The first-order valence-corrected chi connectivity index (χ1v) is 6.26. The van der Waals surface area contributed by atoms with E-state index < -0.39 is 0 Å². The zero-order chi connectivity index (χ0) is 13.8. The van der Waals surface area contributed by atoms with Gasteiger partial charge in [-0.15, -0.1) is 6.42 Å². The summed E-state index contributed by atoms with van der Waals surface area (Å²) in [5.74, 6) is 3.10. The first-order valence-electron chi connectivity index (χ1n) is 5.47. The van der Waals surface area contributed by atoms with Crippen LogP contribution in [-0.4, -0.2) is 14.9 Å². The molecule has 0 aliphatic carbocycles. The second-order valence-corrected chi connectivity index (χ2v) is 4.61. The lowest BCUT2D eigenvalue weighted by Gasteiger charge is -2.07. The molecule has 0 bridgehead atoms. The lowest BCUT2D eigenvalue weighted by molar-refractivity contribution is 0.391. The quantitative estimate of drug-likeness (QED) is 0.864. The summed E-state index contributed by atoms with van der Waals surface area (Å²) in [6, 6.07) is 1.81. The number of aromatic nitrogens is 3. The number of halogens is 1. The summed E-state index contributed by atoms with van der Waals surface area (Å²) in [6.07, 6.45) is 6.69. The summed E-state index contributed by atoms with van der Waals surface area (Å²) in [5, 5.41) is 10.9. The van der Waals surface area contributed by atoms with E-state index in [9.17, 15) is 4.79 Å². The molecule has 2 aromatic rings. The van der Waals surface area contributed by atoms with Crippen LogP contribution in [0.1, 0.15) is 11.5 Å². The topological polar surface area (TPSA) is 73.0 Å². The minimum absolute atomic E-state index is 0.139. The van der Waals surface area contributed by atoms with Crippen LogP contribution in [0.15, 0.2) is 26.1 Å². The Bertz CT molecular complexity index is 684. The number of aryl methyl sites for hydroxylation is 1. The number of nitrogens with one attached hydrogen (secondary N) is 1. The van der Waals surface area contributed by atoms with E-state index in [1.54, 1.807) is 0 Å². The van der Waals surface area contributed by atoms with Crippen LogP contribution >= 0.6 is 15.9 Å². The van der Waals surface area contributed by atoms with Crippen molar-refractivity contribution in [3.05, 3.63) is 38.5 Å². The molecule has 0 fully saturated rings. The SMILES string of the molecule is C#CCn1ncc(NCc2cc(C)on2)c(Br)c1=O. The molecular weight excluding hydrogens is 312 g/mol. The largest absolute Gasteiger partial charge is 0.377 e. The Kier molecular flexibility index (Phi) is 4.02. The highest BCUT2D eigenvalue weighted by Gasteiger charge is 2.08. The summed E-state index contributed by atoms with van der Waals surface area (Å²) < 4.78 is 6.54. The molecule has 0 saturated carbocycles. The van der Waals surface area contributed by atoms with E-state index in [0.717, 1.165) is 11.5 Å². The maximum absolute atomic E-state index is 11.9. The Morgan fingerprint density at radius 3 is 3.05 bits per heavy atom. The number of anilines is 1. The van der Waals surface area contributed by atoms with E-state index in [1.807, 2.05) is 13.0 Å². The normalized spacial score (nSPS) is 10.2. The van der Waals surface area contributed by atoms with Crippen LogP contribution in [-0.2, 0) is 13.1 Å². The van der Waals surface area contributed by atoms with Gasteiger partial charge in [-0.3, -0.25) is 4.79 Å². The van der Waals surface area contributed by atoms with Crippen LogP contribution in [0.2, 0.25) is 0 Å². The number of terminal acetylenes is 1. The van der Waals surface area contributed by atoms with Gasteiger partial charge in [0.2, 0.25) is 0 Å². The Labute approximate surface area is 117 Å². The van der Waals surface area contributed by atoms with Crippen molar-refractivity contribution in [2.45, 2.75) is 20.0 Å². The van der Waals surface area contributed by atoms with Crippen molar-refractivity contribution >= 4 is 21.6 Å². The average molecular weight is 323 g/mol. The summed E-state index contributed by atoms with van der Waals surface area (Å²) in [5.41, 5.74) is 1.05. The van der Waals surface area contributed by atoms with Gasteiger partial charge in [0.05, 0.1) is 18.4 Å². The molecule has 2 aromatic heterocycles. The molecule has 0 aliphatic rings. The van der Waals surface area contributed by atoms with Crippen molar-refractivity contribution in [3.63, 3.8) is 0 Å². The van der Waals surface area contributed by atoms with Crippen LogP contribution in [0.25, 0.3) is 0 Å². The molecule has 0 amide bonds. The van der Waals surface area contributed by atoms with E-state index in [2.05, 4.69) is 37.4 Å². The molecule has 1 N–H and O–H groups in total. The lowest BCUT2D eigenvalue weighted by Crippen LogP contribution is -2.24. The first-order chi connectivity index (χ1) is 9.11. The number of nitrogens with zero attached hydrogens (tertiary/aromatic N) is 3. The fourth-order valence-electron chi connectivity index (χ4n) is 1.47. The van der Waals surface area contributed by atoms with Gasteiger partial charge < -0.3 is 9.84 Å². The third-order valence-electron chi connectivity index (χ3n) is 2.36. The highest BCUT2D eigenvalue weighted by Crippen LogP contribution is 2.17. The molecule has 0 spiro atoms. The molecule has 0 radical (unpaired) electrons. The maximum atomic E-state index is 11.9. The van der Waals surface area contributed by atoms with Crippen molar-refractivity contribution < 1.29 is 4.52 Å². The van der Waals surface area contributed by atoms with Gasteiger partial charge in [-0.2, -0.15) is 5.10 Å². The van der Waals surface area contributed by atoms with Crippen molar-refractivity contribution in [1.82, 2.24) is 14.9 Å². The van der Waals surface area contributed by atoms with Crippen molar-refractivity contribution in [2.75, 3.05) is 5.32 Å². The van der Waals surface area contributed by atoms with Crippen LogP contribution in [0.4, 0.5) is 5.69 Å². The molecule has 19 heavy (non-hydrogen) atoms. The predicted octanol–water partition coefficient (Wildman–Crippen LogP) is 1.55. The Morgan fingerprint density at radius 2 is 2.42 bits per heavy atom. The van der Waals surface area contributed by atoms with Gasteiger partial charge in [0.15, 0.2) is 0 Å². The maximum Gasteiger partial charge on any atom is 0.284 e. The van der Waals surface area contributed by atoms with E-state index in [4.69, 9.17) is 10.9 Å². The van der Waals surface area contributed by atoms with Gasteiger partial charge >= 0.3 is 0 Å². The molecule has 0 aliphatic heterocycles. The second-order valence-electron chi connectivity index (χ2n) is 3.82. The molecule has 6 nitrogen and oxygen atoms in total. The summed E-state index contributed by atoms with van der Waals surface area (Å²) in [7, 11) is 0. The predicted molar refractivity (Wildman–Crippen MR) is 73.6 cm³/mol. The zero-order valence-corrected chi connectivity index (χ0v) is 11.8. The van der Waals surface area contributed by atoms with Crippen LogP contribution < -0.4 is 10.9 Å². The van der Waals surface area contributed by atoms with Gasteiger partial charge in [-0.1, -0.05) is 11.1 Å². The Balaban J connectivity index is 2.16. The van der Waals surface area contributed by atoms with Crippen molar-refractivity contribution in [3.8, 4) is 12.3 Å². The van der Waals surface area contributed by atoms with Gasteiger partial charge in [-0.05, 0) is 22.9 Å². The molecule has 98 valence electrons. The van der Waals surface area contributed by atoms with Crippen molar-refractivity contribution in [1.29, 1.82) is 0 Å². The van der Waals surface area contributed by atoms with E-state index >= 15 is 0 Å². The standard InChI is InChI=1S/C12H11BrN4O2/c1-3-4-17-12(18)11(13)10(7-15-17)14-6-9-5-8(2)19-16-9/h1,5,7,14H,4,6H2,2H3. The third kappa shape index (κ3) is 3.03. The molecule has 2 heterocycles. The smallest absolute Gasteiger partial charge is 0.284 e. The molecule has 0 unspecified atom stereocenters. The zero-order valence-electron chi connectivity index (χ0n) is 10.2. The minimum atomic E-state index is -0.278. The molecule has 2 rings (SSSR count). The molecule has 7 heteroatoms. The van der Waals surface area contributed by atoms with E-state index in [0.29, 0.717) is 16.7 Å². The van der Waals surface area contributed by atoms with Gasteiger partial charge in [0.1, 0.15) is 22.5 Å². The molecule has 0 saturated heterocycles. The fourth-order valence-corrected chi connectivity index (χ4v) is 1.92. The van der Waals surface area contributed by atoms with Crippen LogP contribution in [0.3, 0.4) is 0 Å². The monoisotopic (exact) mass is 322 g/mol. The van der Waals surface area contributed by atoms with Gasteiger partial charge in [-0.25, -0.2) is 4.68 Å².